The molecular formula is C18H23N3O3. The maximum atomic E-state index is 13.0. The van der Waals surface area contributed by atoms with E-state index < -0.39 is 5.56 Å². The van der Waals surface area contributed by atoms with Gasteiger partial charge in [-0.25, -0.2) is 5.10 Å². The van der Waals surface area contributed by atoms with E-state index in [9.17, 15) is 14.7 Å². The molecule has 0 atom stereocenters. The van der Waals surface area contributed by atoms with Gasteiger partial charge in [0.25, 0.3) is 11.5 Å². The molecule has 1 amide bonds. The summed E-state index contributed by atoms with van der Waals surface area (Å²) in [5.41, 5.74) is 2.00. The van der Waals surface area contributed by atoms with Crippen LogP contribution in [-0.2, 0) is 19.4 Å². The van der Waals surface area contributed by atoms with E-state index in [0.29, 0.717) is 24.9 Å². The van der Waals surface area contributed by atoms with Crippen molar-refractivity contribution in [2.75, 3.05) is 13.2 Å². The fourth-order valence-electron chi connectivity index (χ4n) is 2.76. The van der Waals surface area contributed by atoms with E-state index in [1.165, 1.54) is 4.90 Å². The minimum Gasteiger partial charge on any atom is -0.395 e. The number of hydrogen-bond acceptors (Lipinski definition) is 4. The van der Waals surface area contributed by atoms with Gasteiger partial charge in [0.2, 0.25) is 0 Å². The van der Waals surface area contributed by atoms with Gasteiger partial charge in [0.1, 0.15) is 5.56 Å². The molecule has 0 aliphatic rings. The van der Waals surface area contributed by atoms with Crippen LogP contribution in [0.4, 0.5) is 0 Å². The zero-order chi connectivity index (χ0) is 17.5. The number of aliphatic hydroxyl groups excluding tert-OH is 1. The second-order valence-electron chi connectivity index (χ2n) is 5.50. The topological polar surface area (TPSA) is 86.3 Å². The molecule has 6 nitrogen and oxygen atoms in total. The zero-order valence-electron chi connectivity index (χ0n) is 14.1. The van der Waals surface area contributed by atoms with Gasteiger partial charge in [-0.05, 0) is 24.0 Å². The van der Waals surface area contributed by atoms with Crippen LogP contribution in [0.25, 0.3) is 0 Å². The van der Waals surface area contributed by atoms with Crippen molar-refractivity contribution in [2.45, 2.75) is 33.2 Å². The average Bonchev–Trinajstić information content (AvgIpc) is 2.61. The number of hydrogen-bond donors (Lipinski definition) is 2. The summed E-state index contributed by atoms with van der Waals surface area (Å²) < 4.78 is 0. The van der Waals surface area contributed by atoms with Gasteiger partial charge in [-0.1, -0.05) is 44.2 Å². The number of aryl methyl sites for hydroxylation is 1. The Hall–Kier alpha value is -2.47. The minimum absolute atomic E-state index is 0.133. The van der Waals surface area contributed by atoms with Crippen LogP contribution >= 0.6 is 0 Å². The van der Waals surface area contributed by atoms with E-state index in [4.69, 9.17) is 0 Å². The Balaban J connectivity index is 2.41. The monoisotopic (exact) mass is 329 g/mol. The minimum atomic E-state index is -0.481. The van der Waals surface area contributed by atoms with Crippen LogP contribution in [0.3, 0.4) is 0 Å². The van der Waals surface area contributed by atoms with Crippen molar-refractivity contribution < 1.29 is 9.90 Å². The molecule has 2 rings (SSSR count). The van der Waals surface area contributed by atoms with Crippen LogP contribution in [0.2, 0.25) is 0 Å². The predicted octanol–water partition coefficient (Wildman–Crippen LogP) is 1.53. The van der Waals surface area contributed by atoms with E-state index >= 15 is 0 Å². The fraction of sp³-hybridized carbons (Fsp3) is 0.389. The number of benzene rings is 1. The molecule has 1 aromatic carbocycles. The van der Waals surface area contributed by atoms with Crippen LogP contribution in [0.1, 0.15) is 41.0 Å². The number of aromatic nitrogens is 2. The SMILES string of the molecule is CCc1n[nH]c(=O)c(C(=O)N(CCO)Cc2ccccc2)c1CC. The van der Waals surface area contributed by atoms with Gasteiger partial charge in [-0.3, -0.25) is 9.59 Å². The van der Waals surface area contributed by atoms with Crippen LogP contribution in [0.15, 0.2) is 35.1 Å². The van der Waals surface area contributed by atoms with Gasteiger partial charge in [0.15, 0.2) is 0 Å². The molecule has 2 N–H and O–H groups in total. The Bertz CT molecular complexity index is 741. The lowest BCUT2D eigenvalue weighted by Crippen LogP contribution is -2.38. The Morgan fingerprint density at radius 2 is 1.92 bits per heavy atom. The molecule has 6 heteroatoms. The van der Waals surface area contributed by atoms with Crippen molar-refractivity contribution in [1.82, 2.24) is 15.1 Å². The zero-order valence-corrected chi connectivity index (χ0v) is 14.1. The molecule has 0 spiro atoms. The Morgan fingerprint density at radius 1 is 1.21 bits per heavy atom. The highest BCUT2D eigenvalue weighted by Gasteiger charge is 2.24. The van der Waals surface area contributed by atoms with Crippen molar-refractivity contribution in [3.05, 3.63) is 63.1 Å². The number of amides is 1. The molecule has 0 unspecified atom stereocenters. The third kappa shape index (κ3) is 3.89. The van der Waals surface area contributed by atoms with Crippen LogP contribution in [0.5, 0.6) is 0 Å². The summed E-state index contributed by atoms with van der Waals surface area (Å²) >= 11 is 0. The highest BCUT2D eigenvalue weighted by molar-refractivity contribution is 5.95. The molecule has 0 saturated carbocycles. The summed E-state index contributed by atoms with van der Waals surface area (Å²) in [4.78, 5) is 26.7. The fourth-order valence-corrected chi connectivity index (χ4v) is 2.76. The molecule has 2 aromatic rings. The summed E-state index contributed by atoms with van der Waals surface area (Å²) in [5, 5.41) is 15.8. The molecule has 0 bridgehead atoms. The number of nitrogens with zero attached hydrogens (tertiary/aromatic N) is 2. The van der Waals surface area contributed by atoms with Gasteiger partial charge in [0.05, 0.1) is 12.3 Å². The molecule has 128 valence electrons. The predicted molar refractivity (Wildman–Crippen MR) is 91.9 cm³/mol. The quantitative estimate of drug-likeness (QED) is 0.806. The molecule has 0 fully saturated rings. The molecule has 1 heterocycles. The molecule has 24 heavy (non-hydrogen) atoms. The molecule has 0 radical (unpaired) electrons. The van der Waals surface area contributed by atoms with Crippen molar-refractivity contribution >= 4 is 5.91 Å². The highest BCUT2D eigenvalue weighted by Crippen LogP contribution is 2.14. The first kappa shape index (κ1) is 17.9. The third-order valence-electron chi connectivity index (χ3n) is 3.95. The number of aromatic amines is 1. The number of nitrogens with one attached hydrogen (secondary N) is 1. The second-order valence-corrected chi connectivity index (χ2v) is 5.50. The van der Waals surface area contributed by atoms with Crippen LogP contribution in [0, 0.1) is 0 Å². The number of carbonyl (C=O) groups excluding carboxylic acids is 1. The highest BCUT2D eigenvalue weighted by atomic mass is 16.3. The summed E-state index contributed by atoms with van der Waals surface area (Å²) in [7, 11) is 0. The summed E-state index contributed by atoms with van der Waals surface area (Å²) in [6.45, 7) is 4.18. The first-order valence-electron chi connectivity index (χ1n) is 8.16. The number of rotatable bonds is 7. The largest absolute Gasteiger partial charge is 0.395 e. The van der Waals surface area contributed by atoms with Crippen molar-refractivity contribution in [2.24, 2.45) is 0 Å². The van der Waals surface area contributed by atoms with E-state index in [2.05, 4.69) is 10.2 Å². The van der Waals surface area contributed by atoms with Crippen molar-refractivity contribution in [3.63, 3.8) is 0 Å². The lowest BCUT2D eigenvalue weighted by molar-refractivity contribution is 0.0704. The maximum Gasteiger partial charge on any atom is 0.277 e. The van der Waals surface area contributed by atoms with Gasteiger partial charge >= 0.3 is 0 Å². The smallest absolute Gasteiger partial charge is 0.277 e. The Labute approximate surface area is 141 Å². The molecule has 0 aliphatic heterocycles. The van der Waals surface area contributed by atoms with Gasteiger partial charge in [-0.15, -0.1) is 0 Å². The number of aliphatic hydroxyl groups is 1. The van der Waals surface area contributed by atoms with Gasteiger partial charge in [-0.2, -0.15) is 5.10 Å². The van der Waals surface area contributed by atoms with Gasteiger partial charge in [0, 0.05) is 13.1 Å². The third-order valence-corrected chi connectivity index (χ3v) is 3.95. The first-order chi connectivity index (χ1) is 11.6. The van der Waals surface area contributed by atoms with E-state index in [1.54, 1.807) is 0 Å². The van der Waals surface area contributed by atoms with Crippen LogP contribution in [-0.4, -0.2) is 39.3 Å². The van der Waals surface area contributed by atoms with E-state index in [1.807, 2.05) is 44.2 Å². The summed E-state index contributed by atoms with van der Waals surface area (Å²) in [6, 6.07) is 9.50. The molecule has 0 aliphatic carbocycles. The first-order valence-corrected chi connectivity index (χ1v) is 8.16. The summed E-state index contributed by atoms with van der Waals surface area (Å²) in [5.74, 6) is -0.372. The number of H-pyrrole nitrogens is 1. The standard InChI is InChI=1S/C18H23N3O3/c1-3-14-15(4-2)19-20-17(23)16(14)18(24)21(10-11-22)12-13-8-6-5-7-9-13/h5-9,22H,3-4,10-12H2,1-2H3,(H,20,23). The molecule has 1 aromatic heterocycles. The second kappa shape index (κ2) is 8.40. The maximum absolute atomic E-state index is 13.0. The normalized spacial score (nSPS) is 10.6. The van der Waals surface area contributed by atoms with Crippen molar-refractivity contribution in [1.29, 1.82) is 0 Å². The van der Waals surface area contributed by atoms with E-state index in [0.717, 1.165) is 11.3 Å². The Morgan fingerprint density at radius 3 is 2.50 bits per heavy atom. The lowest BCUT2D eigenvalue weighted by atomic mass is 10.0. The van der Waals surface area contributed by atoms with Crippen LogP contribution < -0.4 is 5.56 Å². The average molecular weight is 329 g/mol. The summed E-state index contributed by atoms with van der Waals surface area (Å²) in [6.07, 6.45) is 1.19. The van der Waals surface area contributed by atoms with E-state index in [-0.39, 0.29) is 24.6 Å². The number of carbonyl (C=O) groups is 1. The Kier molecular flexibility index (Phi) is 6.26. The molecule has 0 saturated heterocycles. The van der Waals surface area contributed by atoms with Crippen molar-refractivity contribution in [3.8, 4) is 0 Å². The van der Waals surface area contributed by atoms with Gasteiger partial charge < -0.3 is 10.0 Å². The molecular weight excluding hydrogens is 306 g/mol. The lowest BCUT2D eigenvalue weighted by Gasteiger charge is -2.23.